The molecule has 0 bridgehead atoms. The molecule has 3 nitrogen and oxygen atoms in total. The predicted molar refractivity (Wildman–Crippen MR) is 89.1 cm³/mol. The zero-order valence-corrected chi connectivity index (χ0v) is 15.7. The number of hydrogen-bond donors (Lipinski definition) is 0. The van der Waals surface area contributed by atoms with Crippen LogP contribution in [-0.4, -0.2) is 12.6 Å². The van der Waals surface area contributed by atoms with Crippen molar-refractivity contribution in [1.29, 1.82) is 0 Å². The van der Waals surface area contributed by atoms with Crippen LogP contribution in [0.2, 0.25) is 0 Å². The first-order valence-electron chi connectivity index (χ1n) is 7.57. The van der Waals surface area contributed by atoms with E-state index in [1.165, 1.54) is 6.07 Å². The Morgan fingerprint density at radius 2 is 1.54 bits per heavy atom. The van der Waals surface area contributed by atoms with Crippen LogP contribution in [0.15, 0.2) is 53.4 Å². The van der Waals surface area contributed by atoms with E-state index in [9.17, 15) is 9.18 Å². The normalized spacial score (nSPS) is 8.50. The third-order valence-corrected chi connectivity index (χ3v) is 3.90. The Hall–Kier alpha value is -2.36. The van der Waals surface area contributed by atoms with Crippen LogP contribution in [0.1, 0.15) is 36.5 Å². The highest BCUT2D eigenvalue weighted by Gasteiger charge is 2.10. The van der Waals surface area contributed by atoms with Gasteiger partial charge in [0.25, 0.3) is 0 Å². The average Bonchev–Trinajstić information content (AvgIpc) is 2.58. The maximum Gasteiger partial charge on any atom is 0.350 e. The van der Waals surface area contributed by atoms with Crippen molar-refractivity contribution in [1.82, 2.24) is 0 Å². The van der Waals surface area contributed by atoms with Crippen LogP contribution < -0.4 is 28.3 Å². The van der Waals surface area contributed by atoms with Crippen molar-refractivity contribution in [2.75, 3.05) is 6.61 Å². The summed E-state index contributed by atoms with van der Waals surface area (Å²) in [5.74, 6) is -0.212. The van der Waals surface area contributed by atoms with Gasteiger partial charge in [-0.2, -0.15) is 0 Å². The second kappa shape index (κ2) is 18.0. The Bertz CT molecular complexity index is 643. The molecule has 0 radical (unpaired) electrons. The van der Waals surface area contributed by atoms with E-state index in [4.69, 9.17) is 8.92 Å². The molecule has 0 saturated carbocycles. The van der Waals surface area contributed by atoms with Gasteiger partial charge in [0.05, 0.1) is 29.1 Å². The van der Waals surface area contributed by atoms with Gasteiger partial charge in [-0.15, -0.1) is 0 Å². The van der Waals surface area contributed by atoms with Gasteiger partial charge in [-0.25, -0.2) is 9.18 Å². The standard InChI is InChI=1S/C18H19FO3S.5FH/c1-2-3-6-13-21-15-11-9-14(10-12-15)18(20)22-23-17-8-5-4-7-16(17)19;;;;;/h4-5,7-12H,2-3,6,13H2,1H3;5*1H/p-5. The molecule has 0 aliphatic heterocycles. The zero-order chi connectivity index (χ0) is 16.5. The molecular formula is C18H19F6O3S-5. The number of carbonyl (C=O) groups excluding carboxylic acids is 1. The smallest absolute Gasteiger partial charge is 0.350 e. The minimum atomic E-state index is -0.518. The molecule has 0 spiro atoms. The molecule has 10 heteroatoms. The van der Waals surface area contributed by atoms with Crippen LogP contribution in [0.4, 0.5) is 4.39 Å². The van der Waals surface area contributed by atoms with Gasteiger partial charge in [-0.1, -0.05) is 31.9 Å². The molecule has 2 aromatic rings. The van der Waals surface area contributed by atoms with E-state index in [1.807, 2.05) is 0 Å². The fourth-order valence-corrected chi connectivity index (χ4v) is 2.42. The van der Waals surface area contributed by atoms with Gasteiger partial charge in [0, 0.05) is 0 Å². The summed E-state index contributed by atoms with van der Waals surface area (Å²) < 4.78 is 24.1. The Morgan fingerprint density at radius 1 is 0.929 bits per heavy atom. The molecule has 0 heterocycles. The quantitative estimate of drug-likeness (QED) is 0.237. The Labute approximate surface area is 163 Å². The Kier molecular flexibility index (Phi) is 21.4. The van der Waals surface area contributed by atoms with Crippen molar-refractivity contribution in [2.24, 2.45) is 0 Å². The lowest BCUT2D eigenvalue weighted by atomic mass is 10.2. The van der Waals surface area contributed by atoms with Gasteiger partial charge in [-0.05, 0) is 42.8 Å². The third-order valence-electron chi connectivity index (χ3n) is 3.15. The number of rotatable bonds is 8. The molecule has 2 aromatic carbocycles. The molecule has 0 aliphatic carbocycles. The van der Waals surface area contributed by atoms with Crippen molar-refractivity contribution in [3.8, 4) is 5.75 Å². The lowest BCUT2D eigenvalue weighted by Crippen LogP contribution is -3.00. The molecule has 0 unspecified atom stereocenters. The minimum Gasteiger partial charge on any atom is -1.00 e. The van der Waals surface area contributed by atoms with Gasteiger partial charge < -0.3 is 32.4 Å². The lowest BCUT2D eigenvalue weighted by molar-refractivity contribution is -0.00100. The molecule has 0 saturated heterocycles. The maximum absolute atomic E-state index is 13.4. The summed E-state index contributed by atoms with van der Waals surface area (Å²) in [5, 5.41) is 0. The molecular weight excluding hydrogens is 410 g/mol. The second-order valence-electron chi connectivity index (χ2n) is 4.96. The van der Waals surface area contributed by atoms with Crippen LogP contribution in [-0.2, 0) is 4.18 Å². The molecule has 0 atom stereocenters. The van der Waals surface area contributed by atoms with E-state index >= 15 is 0 Å². The molecule has 0 amide bonds. The SMILES string of the molecule is CCCCCOc1ccc(C(=O)OSc2ccccc2F)cc1.[F-].[F-].[F-].[F-].[F-]. The average molecular weight is 429 g/mol. The molecule has 162 valence electrons. The van der Waals surface area contributed by atoms with E-state index in [2.05, 4.69) is 6.92 Å². The van der Waals surface area contributed by atoms with E-state index in [0.717, 1.165) is 37.1 Å². The number of unbranched alkanes of at least 4 members (excludes halogenated alkanes) is 2. The highest BCUT2D eigenvalue weighted by Crippen LogP contribution is 2.24. The van der Waals surface area contributed by atoms with Gasteiger partial charge in [0.2, 0.25) is 0 Å². The zero-order valence-electron chi connectivity index (χ0n) is 14.8. The minimum absolute atomic E-state index is 0. The van der Waals surface area contributed by atoms with E-state index in [-0.39, 0.29) is 28.4 Å². The molecule has 0 fully saturated rings. The van der Waals surface area contributed by atoms with E-state index in [1.54, 1.807) is 42.5 Å². The number of carbonyl (C=O) groups is 1. The highest BCUT2D eigenvalue weighted by atomic mass is 32.2. The predicted octanol–water partition coefficient (Wildman–Crippen LogP) is -9.72. The van der Waals surface area contributed by atoms with Crippen molar-refractivity contribution < 1.29 is 41.6 Å². The van der Waals surface area contributed by atoms with Gasteiger partial charge >= 0.3 is 5.97 Å². The molecule has 0 aliphatic rings. The molecule has 28 heavy (non-hydrogen) atoms. The van der Waals surface area contributed by atoms with Crippen LogP contribution in [0, 0.1) is 5.82 Å². The topological polar surface area (TPSA) is 35.5 Å². The van der Waals surface area contributed by atoms with Crippen LogP contribution in [0.5, 0.6) is 5.75 Å². The summed E-state index contributed by atoms with van der Waals surface area (Å²) >= 11 is 0.718. The van der Waals surface area contributed by atoms with Crippen LogP contribution >= 0.6 is 12.0 Å². The summed E-state index contributed by atoms with van der Waals surface area (Å²) in [6.45, 7) is 2.81. The fourth-order valence-electron chi connectivity index (χ4n) is 1.87. The van der Waals surface area contributed by atoms with Gasteiger partial charge in [0.15, 0.2) is 0 Å². The van der Waals surface area contributed by atoms with Crippen molar-refractivity contribution in [3.63, 3.8) is 0 Å². The first kappa shape index (κ1) is 33.2. The third kappa shape index (κ3) is 10.7. The number of halogens is 6. The summed E-state index contributed by atoms with van der Waals surface area (Å²) in [7, 11) is 0. The van der Waals surface area contributed by atoms with Crippen LogP contribution in [0.25, 0.3) is 0 Å². The molecule has 0 aromatic heterocycles. The van der Waals surface area contributed by atoms with Crippen molar-refractivity contribution in [2.45, 2.75) is 31.1 Å². The van der Waals surface area contributed by atoms with Gasteiger partial charge in [0.1, 0.15) is 11.6 Å². The number of hydrogen-bond acceptors (Lipinski definition) is 4. The summed E-state index contributed by atoms with van der Waals surface area (Å²) in [6, 6.07) is 12.9. The Balaban J connectivity index is -0.000000576. The molecule has 2 rings (SSSR count). The summed E-state index contributed by atoms with van der Waals surface area (Å²) in [4.78, 5) is 12.2. The van der Waals surface area contributed by atoms with Gasteiger partial charge in [-0.3, -0.25) is 0 Å². The monoisotopic (exact) mass is 429 g/mol. The first-order chi connectivity index (χ1) is 11.2. The second-order valence-corrected chi connectivity index (χ2v) is 5.74. The first-order valence-corrected chi connectivity index (χ1v) is 8.31. The number of ether oxygens (including phenoxy) is 1. The summed E-state index contributed by atoms with van der Waals surface area (Å²) in [6.07, 6.45) is 3.30. The Morgan fingerprint density at radius 3 is 2.11 bits per heavy atom. The fraction of sp³-hybridized carbons (Fsp3) is 0.278. The van der Waals surface area contributed by atoms with Crippen molar-refractivity contribution >= 4 is 18.0 Å². The molecule has 0 N–H and O–H groups in total. The highest BCUT2D eigenvalue weighted by molar-refractivity contribution is 7.95. The lowest BCUT2D eigenvalue weighted by Gasteiger charge is -2.07. The van der Waals surface area contributed by atoms with E-state index in [0.29, 0.717) is 12.2 Å². The largest absolute Gasteiger partial charge is 1.00 e. The van der Waals surface area contributed by atoms with E-state index < -0.39 is 11.8 Å². The maximum atomic E-state index is 13.4. The van der Waals surface area contributed by atoms with Crippen molar-refractivity contribution in [3.05, 3.63) is 59.9 Å². The number of benzene rings is 2. The summed E-state index contributed by atoms with van der Waals surface area (Å²) in [5.41, 5.74) is 0.398. The van der Waals surface area contributed by atoms with Crippen LogP contribution in [0.3, 0.4) is 0 Å².